The summed E-state index contributed by atoms with van der Waals surface area (Å²) in [4.78, 5) is 0. The average Bonchev–Trinajstić information content (AvgIpc) is 3.19. The van der Waals surface area contributed by atoms with Crippen LogP contribution in [-0.4, -0.2) is 49.4 Å². The summed E-state index contributed by atoms with van der Waals surface area (Å²) in [5, 5.41) is 26.3. The van der Waals surface area contributed by atoms with Crippen molar-refractivity contribution < 1.29 is 14.2 Å². The number of aryl methyl sites for hydroxylation is 1. The normalized spacial score (nSPS) is 25.8. The molecular weight excluding hydrogens is 385 g/mol. The number of phenolic OH excluding ortho intramolecular Hbond substituents is 1. The quantitative estimate of drug-likeness (QED) is 0.688. The van der Waals surface area contributed by atoms with Gasteiger partial charge in [0, 0.05) is 48.9 Å². The van der Waals surface area contributed by atoms with Crippen LogP contribution in [-0.2, 0) is 7.05 Å². The molecule has 2 aliphatic heterocycles. The molecule has 0 radical (unpaired) electrons. The number of hydrogen-bond acceptors (Lipinski definition) is 6. The van der Waals surface area contributed by atoms with Crippen LogP contribution in [0.15, 0.2) is 42.7 Å². The SMILES string of the molecule is Cn1cc(-c2ccc(-c3ccc(O[C@H]4C[C@H]5CCC[C@H](N5)[C@H]4F)nn3)c(O)c2)cn1. The maximum Gasteiger partial charge on any atom is 0.233 e. The highest BCUT2D eigenvalue weighted by molar-refractivity contribution is 5.73. The van der Waals surface area contributed by atoms with Crippen molar-refractivity contribution in [2.45, 2.75) is 50.0 Å². The molecule has 0 aliphatic carbocycles. The average molecular weight is 409 g/mol. The number of phenols is 1. The molecule has 4 atom stereocenters. The van der Waals surface area contributed by atoms with Crippen LogP contribution in [0.4, 0.5) is 4.39 Å². The predicted octanol–water partition coefficient (Wildman–Crippen LogP) is 3.25. The number of hydrogen-bond donors (Lipinski definition) is 2. The van der Waals surface area contributed by atoms with Gasteiger partial charge in [0.25, 0.3) is 0 Å². The van der Waals surface area contributed by atoms with Gasteiger partial charge in [0.1, 0.15) is 11.9 Å². The maximum absolute atomic E-state index is 14.7. The van der Waals surface area contributed by atoms with Gasteiger partial charge in [-0.2, -0.15) is 5.10 Å². The van der Waals surface area contributed by atoms with Gasteiger partial charge >= 0.3 is 0 Å². The number of aromatic hydroxyl groups is 1. The summed E-state index contributed by atoms with van der Waals surface area (Å²) >= 11 is 0. The first-order chi connectivity index (χ1) is 14.6. The first-order valence-electron chi connectivity index (χ1n) is 10.3. The first kappa shape index (κ1) is 19.0. The van der Waals surface area contributed by atoms with E-state index in [0.717, 1.165) is 30.4 Å². The number of nitrogens with zero attached hydrogens (tertiary/aromatic N) is 4. The van der Waals surface area contributed by atoms with Crippen molar-refractivity contribution >= 4 is 0 Å². The van der Waals surface area contributed by atoms with E-state index in [4.69, 9.17) is 4.74 Å². The molecule has 5 rings (SSSR count). The summed E-state index contributed by atoms with van der Waals surface area (Å²) in [6.45, 7) is 0. The van der Waals surface area contributed by atoms with Crippen molar-refractivity contribution in [2.75, 3.05) is 0 Å². The molecule has 8 heteroatoms. The molecule has 0 spiro atoms. The second-order valence-electron chi connectivity index (χ2n) is 8.13. The van der Waals surface area contributed by atoms with Crippen LogP contribution in [0.5, 0.6) is 11.6 Å². The van der Waals surface area contributed by atoms with Crippen molar-refractivity contribution in [1.29, 1.82) is 0 Å². The second-order valence-corrected chi connectivity index (χ2v) is 8.13. The zero-order valence-electron chi connectivity index (χ0n) is 16.7. The van der Waals surface area contributed by atoms with Gasteiger partial charge in [-0.3, -0.25) is 4.68 Å². The van der Waals surface area contributed by atoms with Gasteiger partial charge in [0.2, 0.25) is 5.88 Å². The van der Waals surface area contributed by atoms with E-state index in [1.54, 1.807) is 35.1 Å². The highest BCUT2D eigenvalue weighted by Gasteiger charge is 2.41. The molecule has 3 aromatic rings. The van der Waals surface area contributed by atoms with Gasteiger partial charge in [0.05, 0.1) is 11.9 Å². The molecule has 30 heavy (non-hydrogen) atoms. The Bertz CT molecular complexity index is 1040. The molecule has 0 amide bonds. The minimum absolute atomic E-state index is 0.106. The summed E-state index contributed by atoms with van der Waals surface area (Å²) in [6.07, 6.45) is 5.67. The molecule has 0 saturated carbocycles. The number of aromatic nitrogens is 4. The van der Waals surface area contributed by atoms with Crippen LogP contribution in [0.25, 0.3) is 22.4 Å². The largest absolute Gasteiger partial charge is 0.507 e. The molecule has 2 aromatic heterocycles. The number of benzene rings is 1. The molecule has 1 aromatic carbocycles. The lowest BCUT2D eigenvalue weighted by atomic mass is 9.84. The van der Waals surface area contributed by atoms with E-state index in [1.165, 1.54) is 0 Å². The number of ether oxygens (including phenoxy) is 1. The maximum atomic E-state index is 14.7. The molecule has 4 heterocycles. The van der Waals surface area contributed by atoms with Crippen LogP contribution in [0.1, 0.15) is 25.7 Å². The Morgan fingerprint density at radius 1 is 1.17 bits per heavy atom. The Balaban J connectivity index is 1.31. The Morgan fingerprint density at radius 3 is 2.80 bits per heavy atom. The molecular formula is C22H24FN5O2. The molecule has 2 aliphatic rings. The highest BCUT2D eigenvalue weighted by Crippen LogP contribution is 2.33. The van der Waals surface area contributed by atoms with Gasteiger partial charge in [-0.25, -0.2) is 4.39 Å². The number of nitrogens with one attached hydrogen (secondary N) is 1. The number of fused-ring (bicyclic) bond motifs is 2. The third-order valence-electron chi connectivity index (χ3n) is 6.00. The van der Waals surface area contributed by atoms with E-state index in [1.807, 2.05) is 19.3 Å². The molecule has 7 nitrogen and oxygen atoms in total. The monoisotopic (exact) mass is 409 g/mol. The van der Waals surface area contributed by atoms with Crippen molar-refractivity contribution in [3.8, 4) is 34.0 Å². The van der Waals surface area contributed by atoms with Crippen LogP contribution >= 0.6 is 0 Å². The van der Waals surface area contributed by atoms with Gasteiger partial charge in [-0.1, -0.05) is 12.5 Å². The van der Waals surface area contributed by atoms with Crippen molar-refractivity contribution in [1.82, 2.24) is 25.3 Å². The van der Waals surface area contributed by atoms with Crippen LogP contribution in [0, 0.1) is 0 Å². The van der Waals surface area contributed by atoms with Gasteiger partial charge in [-0.15, -0.1) is 10.2 Å². The first-order valence-corrected chi connectivity index (χ1v) is 10.3. The van der Waals surface area contributed by atoms with Gasteiger partial charge < -0.3 is 15.2 Å². The number of piperidine rings is 2. The standard InChI is InChI=1S/C22H24FN5O2/c1-28-12-14(11-24-28)13-5-6-16(19(29)9-13)17-7-8-21(27-26-17)30-20-10-15-3-2-4-18(25-15)22(20)23/h5-9,11-12,15,18,20,22,25,29H,2-4,10H2,1H3/t15-,18+,20+,22-/m1/s1. The fourth-order valence-electron chi connectivity index (χ4n) is 4.45. The molecule has 2 saturated heterocycles. The molecule has 2 N–H and O–H groups in total. The molecule has 156 valence electrons. The Labute approximate surface area is 173 Å². The van der Waals surface area contributed by atoms with Crippen LogP contribution < -0.4 is 10.1 Å². The Hall–Kier alpha value is -3.00. The predicted molar refractivity (Wildman–Crippen MR) is 110 cm³/mol. The van der Waals surface area contributed by atoms with Crippen molar-refractivity contribution in [3.63, 3.8) is 0 Å². The van der Waals surface area contributed by atoms with E-state index in [9.17, 15) is 9.50 Å². The van der Waals surface area contributed by atoms with E-state index in [2.05, 4.69) is 20.6 Å². The minimum atomic E-state index is -1.05. The smallest absolute Gasteiger partial charge is 0.233 e. The molecule has 2 fully saturated rings. The van der Waals surface area contributed by atoms with Crippen molar-refractivity contribution in [2.24, 2.45) is 7.05 Å². The number of alkyl halides is 1. The summed E-state index contributed by atoms with van der Waals surface area (Å²) < 4.78 is 22.3. The van der Waals surface area contributed by atoms with E-state index in [-0.39, 0.29) is 11.8 Å². The lowest BCUT2D eigenvalue weighted by Gasteiger charge is -2.42. The van der Waals surface area contributed by atoms with Crippen molar-refractivity contribution in [3.05, 3.63) is 42.7 Å². The summed E-state index contributed by atoms with van der Waals surface area (Å²) in [5.41, 5.74) is 2.88. The minimum Gasteiger partial charge on any atom is -0.507 e. The topological polar surface area (TPSA) is 85.1 Å². The van der Waals surface area contributed by atoms with E-state index in [0.29, 0.717) is 29.6 Å². The number of rotatable bonds is 4. The summed E-state index contributed by atoms with van der Waals surface area (Å²) in [5.74, 6) is 0.409. The van der Waals surface area contributed by atoms with Crippen LogP contribution in [0.3, 0.4) is 0 Å². The fourth-order valence-corrected chi connectivity index (χ4v) is 4.45. The highest BCUT2D eigenvalue weighted by atomic mass is 19.1. The van der Waals surface area contributed by atoms with E-state index < -0.39 is 12.3 Å². The zero-order valence-corrected chi connectivity index (χ0v) is 16.7. The zero-order chi connectivity index (χ0) is 20.7. The van der Waals surface area contributed by atoms with E-state index >= 15 is 0 Å². The van der Waals surface area contributed by atoms with Crippen LogP contribution in [0.2, 0.25) is 0 Å². The molecule has 0 unspecified atom stereocenters. The lowest BCUT2D eigenvalue weighted by Crippen LogP contribution is -2.59. The summed E-state index contributed by atoms with van der Waals surface area (Å²) in [6, 6.07) is 8.97. The second kappa shape index (κ2) is 7.68. The summed E-state index contributed by atoms with van der Waals surface area (Å²) in [7, 11) is 1.85. The third-order valence-corrected chi connectivity index (χ3v) is 6.00. The molecule has 2 bridgehead atoms. The Morgan fingerprint density at radius 2 is 2.07 bits per heavy atom. The number of halogens is 1. The third kappa shape index (κ3) is 3.63. The Kier molecular flexibility index (Phi) is 4.86. The van der Waals surface area contributed by atoms with Gasteiger partial charge in [-0.05, 0) is 36.6 Å². The van der Waals surface area contributed by atoms with Gasteiger partial charge in [0.15, 0.2) is 6.17 Å². The lowest BCUT2D eigenvalue weighted by molar-refractivity contribution is 0.00652. The fraction of sp³-hybridized carbons (Fsp3) is 0.409.